The van der Waals surface area contributed by atoms with Gasteiger partial charge in [0.05, 0.1) is 17.4 Å². The number of hydrogen-bond acceptors (Lipinski definition) is 4. The van der Waals surface area contributed by atoms with Crippen LogP contribution in [0.5, 0.6) is 0 Å². The molecule has 1 N–H and O–H groups in total. The number of amidine groups is 1. The van der Waals surface area contributed by atoms with E-state index in [9.17, 15) is 13.2 Å². The lowest BCUT2D eigenvalue weighted by Gasteiger charge is -2.27. The topological polar surface area (TPSA) is 78.8 Å². The van der Waals surface area contributed by atoms with Gasteiger partial charge in [-0.25, -0.2) is 8.42 Å². The molecule has 1 saturated carbocycles. The monoisotopic (exact) mass is 391 g/mol. The number of carbonyl (C=O) groups excluding carboxylic acids is 1. The zero-order chi connectivity index (χ0) is 18.3. The Kier molecular flexibility index (Phi) is 4.36. The minimum atomic E-state index is -3.40. The molecule has 0 spiro atoms. The molecule has 6 nitrogen and oxygen atoms in total. The Balaban J connectivity index is 1.52. The molecule has 4 rings (SSSR count). The molecule has 0 radical (unpaired) electrons. The van der Waals surface area contributed by atoms with Crippen LogP contribution in [0.4, 0.5) is 0 Å². The van der Waals surface area contributed by atoms with Crippen molar-refractivity contribution in [2.75, 3.05) is 12.3 Å². The predicted octanol–water partition coefficient (Wildman–Crippen LogP) is 2.40. The number of benzene rings is 1. The van der Waals surface area contributed by atoms with E-state index in [-0.39, 0.29) is 17.7 Å². The summed E-state index contributed by atoms with van der Waals surface area (Å²) in [6.45, 7) is 0.297. The van der Waals surface area contributed by atoms with Crippen LogP contribution in [0.15, 0.2) is 52.6 Å². The van der Waals surface area contributed by atoms with Crippen LogP contribution in [0.1, 0.15) is 24.4 Å². The molecule has 0 aromatic heterocycles. The van der Waals surface area contributed by atoms with Crippen LogP contribution in [0.2, 0.25) is 5.02 Å². The van der Waals surface area contributed by atoms with E-state index in [1.165, 1.54) is 0 Å². The Bertz CT molecular complexity index is 931. The van der Waals surface area contributed by atoms with Gasteiger partial charge in [-0.3, -0.25) is 4.79 Å². The molecule has 2 heterocycles. The first-order chi connectivity index (χ1) is 12.4. The lowest BCUT2D eigenvalue weighted by Crippen LogP contribution is -2.38. The van der Waals surface area contributed by atoms with Crippen molar-refractivity contribution < 1.29 is 13.2 Å². The van der Waals surface area contributed by atoms with Crippen molar-refractivity contribution in [1.82, 2.24) is 10.2 Å². The lowest BCUT2D eigenvalue weighted by molar-refractivity contribution is -0.118. The molecule has 8 heteroatoms. The highest BCUT2D eigenvalue weighted by Crippen LogP contribution is 2.41. The minimum Gasteiger partial charge on any atom is -0.345 e. The van der Waals surface area contributed by atoms with Gasteiger partial charge < -0.3 is 10.2 Å². The molecule has 136 valence electrons. The maximum atomic E-state index is 12.7. The summed E-state index contributed by atoms with van der Waals surface area (Å²) < 4.78 is 26.9. The van der Waals surface area contributed by atoms with Gasteiger partial charge in [0.2, 0.25) is 0 Å². The lowest BCUT2D eigenvalue weighted by atomic mass is 10.0. The van der Waals surface area contributed by atoms with E-state index in [2.05, 4.69) is 9.71 Å². The number of nitrogens with zero attached hydrogens (tertiary/aromatic N) is 2. The second-order valence-corrected chi connectivity index (χ2v) is 8.88. The van der Waals surface area contributed by atoms with Gasteiger partial charge in [0.25, 0.3) is 15.9 Å². The van der Waals surface area contributed by atoms with E-state index in [1.807, 2.05) is 24.3 Å². The van der Waals surface area contributed by atoms with Crippen molar-refractivity contribution >= 4 is 33.4 Å². The van der Waals surface area contributed by atoms with Gasteiger partial charge in [-0.05, 0) is 48.6 Å². The molecular formula is C18H18ClN3O3S. The summed E-state index contributed by atoms with van der Waals surface area (Å²) in [7, 11) is -3.40. The van der Waals surface area contributed by atoms with Gasteiger partial charge in [-0.1, -0.05) is 23.7 Å². The van der Waals surface area contributed by atoms with Crippen molar-refractivity contribution in [2.45, 2.75) is 18.9 Å². The van der Waals surface area contributed by atoms with Gasteiger partial charge in [-0.2, -0.15) is 0 Å². The first-order valence-electron chi connectivity index (χ1n) is 8.47. The summed E-state index contributed by atoms with van der Waals surface area (Å²) in [5.41, 5.74) is 1.53. The third kappa shape index (κ3) is 3.68. The Morgan fingerprint density at radius 2 is 1.96 bits per heavy atom. The molecule has 2 aliphatic heterocycles. The number of hydrogen-bond donors (Lipinski definition) is 1. The molecule has 1 atom stereocenters. The van der Waals surface area contributed by atoms with Gasteiger partial charge in [0, 0.05) is 17.8 Å². The zero-order valence-corrected chi connectivity index (χ0v) is 15.5. The Morgan fingerprint density at radius 1 is 1.23 bits per heavy atom. The van der Waals surface area contributed by atoms with Gasteiger partial charge >= 0.3 is 0 Å². The molecule has 1 amide bonds. The van der Waals surface area contributed by atoms with Crippen LogP contribution in [0, 0.1) is 5.92 Å². The van der Waals surface area contributed by atoms with Crippen LogP contribution >= 0.6 is 11.6 Å². The highest BCUT2D eigenvalue weighted by atomic mass is 35.5. The first-order valence-corrected chi connectivity index (χ1v) is 10.5. The fourth-order valence-electron chi connectivity index (χ4n) is 3.13. The zero-order valence-electron chi connectivity index (χ0n) is 13.9. The molecular weight excluding hydrogens is 374 g/mol. The van der Waals surface area contributed by atoms with Crippen LogP contribution in [-0.4, -0.2) is 37.4 Å². The number of nitrogens with one attached hydrogen (secondary N) is 1. The number of rotatable bonds is 4. The molecule has 1 aromatic rings. The minimum absolute atomic E-state index is 0.0501. The molecule has 26 heavy (non-hydrogen) atoms. The van der Waals surface area contributed by atoms with Crippen LogP contribution in [0.3, 0.4) is 0 Å². The molecule has 3 aliphatic rings. The summed E-state index contributed by atoms with van der Waals surface area (Å²) in [5, 5.41) is 3.78. The third-order valence-electron chi connectivity index (χ3n) is 4.70. The Hall–Kier alpha value is -2.12. The van der Waals surface area contributed by atoms with Gasteiger partial charge in [0.1, 0.15) is 5.84 Å². The van der Waals surface area contributed by atoms with E-state index < -0.39 is 10.0 Å². The van der Waals surface area contributed by atoms with Crippen molar-refractivity contribution in [3.05, 3.63) is 58.8 Å². The van der Waals surface area contributed by atoms with E-state index in [0.717, 1.165) is 18.4 Å². The highest BCUT2D eigenvalue weighted by molar-refractivity contribution is 7.90. The van der Waals surface area contributed by atoms with E-state index in [0.29, 0.717) is 28.9 Å². The SMILES string of the molecule is O=C(NC(c1ccc(Cl)cc1)C1CC1)C1=CN2CCS(=O)(=O)N=C2C=C1. The number of sulfonamides is 1. The van der Waals surface area contributed by atoms with Crippen LogP contribution in [0.25, 0.3) is 0 Å². The van der Waals surface area contributed by atoms with Crippen molar-refractivity contribution in [1.29, 1.82) is 0 Å². The fraction of sp³-hybridized carbons (Fsp3) is 0.333. The summed E-state index contributed by atoms with van der Waals surface area (Å²) >= 11 is 5.96. The first kappa shape index (κ1) is 17.3. The molecule has 1 aliphatic carbocycles. The number of fused-ring (bicyclic) bond motifs is 1. The normalized spacial score (nSPS) is 22.1. The van der Waals surface area contributed by atoms with E-state index in [4.69, 9.17) is 11.6 Å². The van der Waals surface area contributed by atoms with Crippen molar-refractivity contribution in [3.8, 4) is 0 Å². The van der Waals surface area contributed by atoms with E-state index in [1.54, 1.807) is 23.3 Å². The third-order valence-corrected chi connectivity index (χ3v) is 6.11. The number of carbonyl (C=O) groups is 1. The summed E-state index contributed by atoms with van der Waals surface area (Å²) in [4.78, 5) is 14.4. The maximum Gasteiger partial charge on any atom is 0.256 e. The molecule has 1 fully saturated rings. The highest BCUT2D eigenvalue weighted by Gasteiger charge is 2.34. The van der Waals surface area contributed by atoms with E-state index >= 15 is 0 Å². The fourth-order valence-corrected chi connectivity index (χ4v) is 4.23. The summed E-state index contributed by atoms with van der Waals surface area (Å²) in [6.07, 6.45) is 7.01. The Labute approximate surface area is 157 Å². The van der Waals surface area contributed by atoms with Crippen LogP contribution < -0.4 is 5.32 Å². The number of amides is 1. The number of halogens is 1. The Morgan fingerprint density at radius 3 is 2.65 bits per heavy atom. The average molecular weight is 392 g/mol. The molecule has 1 aromatic carbocycles. The predicted molar refractivity (Wildman–Crippen MR) is 100 cm³/mol. The summed E-state index contributed by atoms with van der Waals surface area (Å²) in [5.74, 6) is 0.556. The second-order valence-electron chi connectivity index (χ2n) is 6.69. The van der Waals surface area contributed by atoms with Gasteiger partial charge in [-0.15, -0.1) is 4.40 Å². The maximum absolute atomic E-state index is 12.7. The smallest absolute Gasteiger partial charge is 0.256 e. The molecule has 0 saturated heterocycles. The standard InChI is InChI=1S/C18H18ClN3O3S/c19-15-6-3-13(4-7-15)17(12-1-2-12)20-18(23)14-5-8-16-21-26(24,25)10-9-22(16)11-14/h3-8,11-12,17H,1-2,9-10H2,(H,20,23). The van der Waals surface area contributed by atoms with Crippen molar-refractivity contribution in [3.63, 3.8) is 0 Å². The largest absolute Gasteiger partial charge is 0.345 e. The summed E-state index contributed by atoms with van der Waals surface area (Å²) in [6, 6.07) is 7.49. The molecule has 1 unspecified atom stereocenters. The average Bonchev–Trinajstić information content (AvgIpc) is 3.44. The van der Waals surface area contributed by atoms with Gasteiger partial charge in [0.15, 0.2) is 0 Å². The molecule has 0 bridgehead atoms. The second kappa shape index (κ2) is 6.55. The van der Waals surface area contributed by atoms with Crippen molar-refractivity contribution in [2.24, 2.45) is 10.3 Å². The van der Waals surface area contributed by atoms with Crippen LogP contribution in [-0.2, 0) is 14.8 Å². The quantitative estimate of drug-likeness (QED) is 0.854.